The van der Waals surface area contributed by atoms with Crippen LogP contribution >= 0.6 is 0 Å². The monoisotopic (exact) mass is 1170 g/mol. The topological polar surface area (TPSA) is 133 Å². The smallest absolute Gasteiger partial charge is 0.550 e. The third-order valence-corrected chi connectivity index (χ3v) is 16.6. The van der Waals surface area contributed by atoms with E-state index in [9.17, 15) is 29.4 Å². The van der Waals surface area contributed by atoms with E-state index in [4.69, 9.17) is 9.47 Å². The molecule has 0 spiro atoms. The van der Waals surface area contributed by atoms with Crippen molar-refractivity contribution in [3.05, 3.63) is 0 Å². The van der Waals surface area contributed by atoms with Gasteiger partial charge < -0.3 is 29.3 Å². The average Bonchev–Trinajstić information content (AvgIpc) is 3.43. The maximum atomic E-state index is 12.4. The van der Waals surface area contributed by atoms with Gasteiger partial charge in [-0.25, -0.2) is 0 Å². The summed E-state index contributed by atoms with van der Waals surface area (Å²) in [6.07, 6.45) is 74.2. The van der Waals surface area contributed by atoms with Crippen LogP contribution in [-0.4, -0.2) is 73.8 Å². The van der Waals surface area contributed by atoms with Gasteiger partial charge in [-0.1, -0.05) is 336 Å². The molecule has 0 amide bonds. The number of rotatable bonds is 66. The summed E-state index contributed by atoms with van der Waals surface area (Å²) in [5.74, 6) is -1.80. The van der Waals surface area contributed by atoms with E-state index in [1.807, 2.05) is 0 Å². The molecule has 9 heteroatoms. The normalized spacial score (nSPS) is 11.9. The van der Waals surface area contributed by atoms with Crippen molar-refractivity contribution in [3.63, 3.8) is 0 Å². The van der Waals surface area contributed by atoms with Crippen molar-refractivity contribution in [1.82, 2.24) is 0 Å². The molecule has 81 heavy (non-hydrogen) atoms. The molecule has 0 aromatic rings. The molecule has 0 fully saturated rings. The molecule has 2 unspecified atom stereocenters. The van der Waals surface area contributed by atoms with Gasteiger partial charge in [0.05, 0.1) is 0 Å². The van der Waals surface area contributed by atoms with E-state index in [0.29, 0.717) is 12.8 Å². The van der Waals surface area contributed by atoms with Crippen LogP contribution in [0.3, 0.4) is 0 Å². The molecule has 0 aliphatic rings. The summed E-state index contributed by atoms with van der Waals surface area (Å²) in [5.41, 5.74) is 0. The fourth-order valence-electron chi connectivity index (χ4n) is 11.4. The van der Waals surface area contributed by atoms with Crippen LogP contribution in [0.5, 0.6) is 0 Å². The first-order valence-corrected chi connectivity index (χ1v) is 36.0. The largest absolute Gasteiger partial charge is 2.00 e. The van der Waals surface area contributed by atoms with Gasteiger partial charge in [-0.3, -0.25) is 9.59 Å². The molecule has 2 atom stereocenters. The van der Waals surface area contributed by atoms with Crippen LogP contribution in [0.2, 0.25) is 0 Å². The number of carboxylic acid groups (broad SMARTS) is 2. The van der Waals surface area contributed by atoms with Gasteiger partial charge in [-0.05, 0) is 77.0 Å². The van der Waals surface area contributed by atoms with Crippen LogP contribution in [0, 0.1) is 0 Å². The minimum absolute atomic E-state index is 0. The van der Waals surface area contributed by atoms with E-state index in [1.54, 1.807) is 0 Å². The van der Waals surface area contributed by atoms with Gasteiger partial charge in [0.2, 0.25) is 0 Å². The predicted molar refractivity (Wildman–Crippen MR) is 344 cm³/mol. The number of hydrogen-bond donors (Lipinski definition) is 0. The molecule has 0 saturated heterocycles. The number of hydrogen-bond acceptors (Lipinski definition) is 8. The number of ether oxygens (including phenoxy) is 2. The van der Waals surface area contributed by atoms with E-state index < -0.39 is 11.9 Å². The van der Waals surface area contributed by atoms with E-state index in [2.05, 4.69) is 27.7 Å². The van der Waals surface area contributed by atoms with Gasteiger partial charge in [0.25, 0.3) is 0 Å². The summed E-state index contributed by atoms with van der Waals surface area (Å²) in [6, 6.07) is 0. The van der Waals surface area contributed by atoms with Crippen molar-refractivity contribution in [2.24, 2.45) is 0 Å². The van der Waals surface area contributed by atoms with Gasteiger partial charge in [0, 0.05) is 24.8 Å². The number of esters is 2. The molecule has 0 heterocycles. The van der Waals surface area contributed by atoms with Crippen molar-refractivity contribution in [2.45, 2.75) is 438 Å². The summed E-state index contributed by atoms with van der Waals surface area (Å²) >= 11 is 0. The third-order valence-electron chi connectivity index (χ3n) is 16.6. The first-order chi connectivity index (χ1) is 39.2. The number of carboxylic acids is 2. The third kappa shape index (κ3) is 75.2. The fourth-order valence-corrected chi connectivity index (χ4v) is 11.4. The van der Waals surface area contributed by atoms with Gasteiger partial charge in [0.15, 0.2) is 0 Å². The Morgan fingerprint density at radius 2 is 0.407 bits per heavy atom. The molecular formula is C72H138CaO8. The zero-order valence-electron chi connectivity index (χ0n) is 55.0. The van der Waals surface area contributed by atoms with Crippen molar-refractivity contribution < 1.29 is 38.9 Å². The number of unbranched alkanes of at least 4 members (excludes halogenated alkanes) is 48. The first kappa shape index (κ1) is 84.3. The Kier molecular flexibility index (Phi) is 76.4. The van der Waals surface area contributed by atoms with Gasteiger partial charge in [-0.2, -0.15) is 0 Å². The number of carbonyl (C=O) groups excluding carboxylic acids is 4. The minimum atomic E-state index is -0.922. The summed E-state index contributed by atoms with van der Waals surface area (Å²) < 4.78 is 11.7. The summed E-state index contributed by atoms with van der Waals surface area (Å²) in [5, 5.41) is 20.8. The first-order valence-electron chi connectivity index (χ1n) is 36.0. The van der Waals surface area contributed by atoms with Crippen molar-refractivity contribution >= 4 is 61.6 Å². The summed E-state index contributed by atoms with van der Waals surface area (Å²) in [7, 11) is 0. The molecule has 0 aliphatic heterocycles. The van der Waals surface area contributed by atoms with Crippen LogP contribution in [0.4, 0.5) is 0 Å². The van der Waals surface area contributed by atoms with Crippen molar-refractivity contribution in [1.29, 1.82) is 0 Å². The second-order valence-corrected chi connectivity index (χ2v) is 24.8. The Bertz CT molecular complexity index is 1170. The number of aliphatic carboxylic acids is 2. The predicted octanol–water partition coefficient (Wildman–Crippen LogP) is 21.2. The van der Waals surface area contributed by atoms with Crippen LogP contribution in [0.1, 0.15) is 426 Å². The second-order valence-electron chi connectivity index (χ2n) is 24.8. The van der Waals surface area contributed by atoms with Crippen LogP contribution in [-0.2, 0) is 28.7 Å². The zero-order valence-corrected chi connectivity index (χ0v) is 57.2. The quantitative estimate of drug-likeness (QED) is 0.0334. The van der Waals surface area contributed by atoms with Crippen LogP contribution < -0.4 is 10.2 Å². The van der Waals surface area contributed by atoms with Crippen LogP contribution in [0.15, 0.2) is 0 Å². The van der Waals surface area contributed by atoms with Crippen molar-refractivity contribution in [2.75, 3.05) is 0 Å². The molecular weight excluding hydrogens is 1030 g/mol. The van der Waals surface area contributed by atoms with Crippen molar-refractivity contribution in [3.8, 4) is 0 Å². The van der Waals surface area contributed by atoms with Crippen LogP contribution in [0.25, 0.3) is 0 Å². The molecule has 8 nitrogen and oxygen atoms in total. The Hall–Kier alpha value is -0.860. The molecule has 476 valence electrons. The molecule has 0 bridgehead atoms. The van der Waals surface area contributed by atoms with Gasteiger partial charge in [-0.15, -0.1) is 0 Å². The van der Waals surface area contributed by atoms with E-state index in [-0.39, 0.29) is 74.7 Å². The van der Waals surface area contributed by atoms with E-state index in [1.165, 1.54) is 257 Å². The van der Waals surface area contributed by atoms with E-state index in [0.717, 1.165) is 116 Å². The molecule has 0 aromatic heterocycles. The average molecular weight is 1170 g/mol. The Morgan fingerprint density at radius 3 is 0.593 bits per heavy atom. The SMILES string of the molecule is CCCCCCCCCCCCCCCCCC(=O)OC(CCC)CCCCCCCCCCCCCC(=O)[O-].CCCCCCCCCCCCCCCCCC(=O)OC(CCC)CCCCCCCCCCCCCC(=O)[O-].[Ca+2]. The minimum Gasteiger partial charge on any atom is -0.550 e. The van der Waals surface area contributed by atoms with E-state index >= 15 is 0 Å². The Balaban J connectivity index is -0.00000148. The standard InChI is InChI=1S/2C36H70O4.Ca/c2*1-3-5-6-7-8-9-10-11-12-13-17-20-23-26-29-33-36(39)40-34(30-4-2)31-27-24-21-18-15-14-16-19-22-25-28-32-35(37)38;/h2*34H,3-33H2,1-2H3,(H,37,38);/q;;+2/p-2. The Labute approximate surface area is 534 Å². The van der Waals surface area contributed by atoms with Gasteiger partial charge in [0.1, 0.15) is 12.2 Å². The molecule has 0 N–H and O–H groups in total. The van der Waals surface area contributed by atoms with Gasteiger partial charge >= 0.3 is 49.7 Å². The fraction of sp³-hybridized carbons (Fsp3) is 0.944. The maximum Gasteiger partial charge on any atom is 2.00 e. The molecule has 0 aliphatic carbocycles. The summed E-state index contributed by atoms with van der Waals surface area (Å²) in [6.45, 7) is 8.92. The molecule has 0 saturated carbocycles. The molecule has 0 radical (unpaired) electrons. The second kappa shape index (κ2) is 73.4. The maximum absolute atomic E-state index is 12.4. The number of carbonyl (C=O) groups is 4. The zero-order chi connectivity index (χ0) is 58.7. The Morgan fingerprint density at radius 1 is 0.235 bits per heavy atom. The molecule has 0 rings (SSSR count). The summed E-state index contributed by atoms with van der Waals surface area (Å²) in [4.78, 5) is 45.5. The molecule has 0 aromatic carbocycles.